The van der Waals surface area contributed by atoms with E-state index < -0.39 is 0 Å². The minimum Gasteiger partial charge on any atom is -0.491 e. The Morgan fingerprint density at radius 3 is 2.90 bits per heavy atom. The molecule has 1 heterocycles. The summed E-state index contributed by atoms with van der Waals surface area (Å²) in [6.07, 6.45) is 3.79. The van der Waals surface area contributed by atoms with E-state index in [1.54, 1.807) is 24.5 Å². The number of aromatic nitrogens is 1. The fourth-order valence-corrected chi connectivity index (χ4v) is 1.85. The summed E-state index contributed by atoms with van der Waals surface area (Å²) in [6, 6.07) is 9.13. The van der Waals surface area contributed by atoms with Crippen LogP contribution in [0.15, 0.2) is 42.7 Å². The first kappa shape index (κ1) is 14.8. The summed E-state index contributed by atoms with van der Waals surface area (Å²) >= 11 is 0. The monoisotopic (exact) mass is 285 g/mol. The van der Waals surface area contributed by atoms with Gasteiger partial charge in [0.15, 0.2) is 0 Å². The number of amides is 1. The standard InChI is InChI=1S/C16H19N3O2/c1-12-10-18-8-6-13(12)11-19-16(20)7-9-21-15-5-3-2-4-14(15)17/h2-6,8,10H,7,9,11,17H2,1H3,(H,19,20). The van der Waals surface area contributed by atoms with Gasteiger partial charge in [0.2, 0.25) is 5.91 Å². The average molecular weight is 285 g/mol. The number of carbonyl (C=O) groups excluding carboxylic acids is 1. The molecule has 0 saturated carbocycles. The van der Waals surface area contributed by atoms with Crippen LogP contribution in [0.1, 0.15) is 17.5 Å². The van der Waals surface area contributed by atoms with Gasteiger partial charge in [0.25, 0.3) is 0 Å². The maximum Gasteiger partial charge on any atom is 0.223 e. The van der Waals surface area contributed by atoms with Crippen LogP contribution in [0.25, 0.3) is 0 Å². The second kappa shape index (κ2) is 7.28. The third-order valence-electron chi connectivity index (χ3n) is 3.12. The van der Waals surface area contributed by atoms with E-state index in [4.69, 9.17) is 10.5 Å². The molecule has 1 aromatic carbocycles. The molecule has 0 aliphatic carbocycles. The Morgan fingerprint density at radius 1 is 1.33 bits per heavy atom. The van der Waals surface area contributed by atoms with E-state index in [2.05, 4.69) is 10.3 Å². The van der Waals surface area contributed by atoms with Crippen LogP contribution in [0.5, 0.6) is 5.75 Å². The molecule has 21 heavy (non-hydrogen) atoms. The van der Waals surface area contributed by atoms with Gasteiger partial charge in [0, 0.05) is 18.9 Å². The molecule has 1 aromatic heterocycles. The number of para-hydroxylation sites is 2. The summed E-state index contributed by atoms with van der Waals surface area (Å²) < 4.78 is 5.49. The number of nitrogens with one attached hydrogen (secondary N) is 1. The number of anilines is 1. The third-order valence-corrected chi connectivity index (χ3v) is 3.12. The molecule has 0 spiro atoms. The quantitative estimate of drug-likeness (QED) is 0.796. The van der Waals surface area contributed by atoms with E-state index in [0.29, 0.717) is 31.0 Å². The van der Waals surface area contributed by atoms with Gasteiger partial charge in [-0.05, 0) is 36.2 Å². The number of aryl methyl sites for hydroxylation is 1. The van der Waals surface area contributed by atoms with Crippen molar-refractivity contribution >= 4 is 11.6 Å². The van der Waals surface area contributed by atoms with E-state index in [-0.39, 0.29) is 5.91 Å². The van der Waals surface area contributed by atoms with Gasteiger partial charge < -0.3 is 15.8 Å². The molecule has 0 radical (unpaired) electrons. The van der Waals surface area contributed by atoms with Gasteiger partial charge >= 0.3 is 0 Å². The molecule has 5 heteroatoms. The number of hydrogen-bond acceptors (Lipinski definition) is 4. The lowest BCUT2D eigenvalue weighted by Crippen LogP contribution is -2.24. The van der Waals surface area contributed by atoms with E-state index >= 15 is 0 Å². The van der Waals surface area contributed by atoms with Crippen LogP contribution < -0.4 is 15.8 Å². The SMILES string of the molecule is Cc1cnccc1CNC(=O)CCOc1ccccc1N. The van der Waals surface area contributed by atoms with Crippen molar-refractivity contribution in [3.63, 3.8) is 0 Å². The minimum absolute atomic E-state index is 0.0549. The highest BCUT2D eigenvalue weighted by atomic mass is 16.5. The van der Waals surface area contributed by atoms with Crippen LogP contribution in [0.2, 0.25) is 0 Å². The largest absolute Gasteiger partial charge is 0.491 e. The van der Waals surface area contributed by atoms with Crippen molar-refractivity contribution in [2.45, 2.75) is 19.9 Å². The molecular formula is C16H19N3O2. The second-order valence-electron chi connectivity index (χ2n) is 4.72. The lowest BCUT2D eigenvalue weighted by Gasteiger charge is -2.09. The highest BCUT2D eigenvalue weighted by Gasteiger charge is 2.04. The molecule has 0 atom stereocenters. The lowest BCUT2D eigenvalue weighted by atomic mass is 10.1. The smallest absolute Gasteiger partial charge is 0.223 e. The predicted molar refractivity (Wildman–Crippen MR) is 81.8 cm³/mol. The molecule has 2 rings (SSSR count). The summed E-state index contributed by atoms with van der Waals surface area (Å²) in [4.78, 5) is 15.8. The summed E-state index contributed by atoms with van der Waals surface area (Å²) in [5.41, 5.74) is 8.45. The first-order valence-electron chi connectivity index (χ1n) is 6.80. The Hall–Kier alpha value is -2.56. The number of benzene rings is 1. The van der Waals surface area contributed by atoms with Gasteiger partial charge in [-0.1, -0.05) is 12.1 Å². The van der Waals surface area contributed by atoms with Crippen LogP contribution in [-0.4, -0.2) is 17.5 Å². The number of ether oxygens (including phenoxy) is 1. The van der Waals surface area contributed by atoms with Gasteiger partial charge in [-0.2, -0.15) is 0 Å². The zero-order valence-electron chi connectivity index (χ0n) is 12.0. The normalized spacial score (nSPS) is 10.1. The molecule has 2 aromatic rings. The summed E-state index contributed by atoms with van der Waals surface area (Å²) in [6.45, 7) is 2.77. The van der Waals surface area contributed by atoms with Crippen molar-refractivity contribution in [1.29, 1.82) is 0 Å². The molecule has 3 N–H and O–H groups in total. The lowest BCUT2D eigenvalue weighted by molar-refractivity contribution is -0.121. The van der Waals surface area contributed by atoms with Crippen LogP contribution >= 0.6 is 0 Å². The molecule has 0 fully saturated rings. The highest BCUT2D eigenvalue weighted by Crippen LogP contribution is 2.19. The van der Waals surface area contributed by atoms with Gasteiger partial charge in [-0.3, -0.25) is 9.78 Å². The minimum atomic E-state index is -0.0549. The van der Waals surface area contributed by atoms with Crippen LogP contribution in [0.4, 0.5) is 5.69 Å². The second-order valence-corrected chi connectivity index (χ2v) is 4.72. The third kappa shape index (κ3) is 4.49. The Bertz CT molecular complexity index is 614. The number of hydrogen-bond donors (Lipinski definition) is 2. The zero-order valence-corrected chi connectivity index (χ0v) is 12.0. The first-order chi connectivity index (χ1) is 10.2. The van der Waals surface area contributed by atoms with Crippen LogP contribution in [0, 0.1) is 6.92 Å². The highest BCUT2D eigenvalue weighted by molar-refractivity contribution is 5.76. The molecule has 5 nitrogen and oxygen atoms in total. The van der Waals surface area contributed by atoms with Gasteiger partial charge in [0.05, 0.1) is 18.7 Å². The summed E-state index contributed by atoms with van der Waals surface area (Å²) in [5, 5.41) is 2.86. The van der Waals surface area contributed by atoms with Gasteiger partial charge in [0.1, 0.15) is 5.75 Å². The fourth-order valence-electron chi connectivity index (χ4n) is 1.85. The maximum absolute atomic E-state index is 11.8. The fraction of sp³-hybridized carbons (Fsp3) is 0.250. The van der Waals surface area contributed by atoms with Crippen molar-refractivity contribution in [3.8, 4) is 5.75 Å². The van der Waals surface area contributed by atoms with E-state index in [1.165, 1.54) is 0 Å². The zero-order chi connectivity index (χ0) is 15.1. The molecule has 1 amide bonds. The van der Waals surface area contributed by atoms with Crippen LogP contribution in [-0.2, 0) is 11.3 Å². The summed E-state index contributed by atoms with van der Waals surface area (Å²) in [7, 11) is 0. The average Bonchev–Trinajstić information content (AvgIpc) is 2.48. The molecular weight excluding hydrogens is 266 g/mol. The van der Waals surface area contributed by atoms with Crippen molar-refractivity contribution in [1.82, 2.24) is 10.3 Å². The Labute approximate surface area is 124 Å². The molecule has 110 valence electrons. The first-order valence-corrected chi connectivity index (χ1v) is 6.80. The van der Waals surface area contributed by atoms with Gasteiger partial charge in [-0.15, -0.1) is 0 Å². The Balaban J connectivity index is 1.73. The molecule has 0 aliphatic heterocycles. The molecule has 0 unspecified atom stereocenters. The maximum atomic E-state index is 11.8. The Kier molecular flexibility index (Phi) is 5.15. The number of nitrogens with two attached hydrogens (primary N) is 1. The molecule has 0 aliphatic rings. The number of carbonyl (C=O) groups is 1. The van der Waals surface area contributed by atoms with E-state index in [0.717, 1.165) is 11.1 Å². The van der Waals surface area contributed by atoms with Crippen molar-refractivity contribution in [2.24, 2.45) is 0 Å². The summed E-state index contributed by atoms with van der Waals surface area (Å²) in [5.74, 6) is 0.552. The Morgan fingerprint density at radius 2 is 2.14 bits per heavy atom. The van der Waals surface area contributed by atoms with Gasteiger partial charge in [-0.25, -0.2) is 0 Å². The van der Waals surface area contributed by atoms with Crippen molar-refractivity contribution in [3.05, 3.63) is 53.9 Å². The van der Waals surface area contributed by atoms with E-state index in [1.807, 2.05) is 25.1 Å². The van der Waals surface area contributed by atoms with Crippen molar-refractivity contribution < 1.29 is 9.53 Å². The van der Waals surface area contributed by atoms with E-state index in [9.17, 15) is 4.79 Å². The van der Waals surface area contributed by atoms with Crippen molar-refractivity contribution in [2.75, 3.05) is 12.3 Å². The number of nitrogens with zero attached hydrogens (tertiary/aromatic N) is 1. The van der Waals surface area contributed by atoms with Crippen LogP contribution in [0.3, 0.4) is 0 Å². The number of pyridine rings is 1. The topological polar surface area (TPSA) is 77.2 Å². The number of nitrogen functional groups attached to an aromatic ring is 1. The molecule has 0 saturated heterocycles. The predicted octanol–water partition coefficient (Wildman–Crippen LogP) is 2.06. The molecule has 0 bridgehead atoms. The number of rotatable bonds is 6.